The molecule has 0 spiro atoms. The summed E-state index contributed by atoms with van der Waals surface area (Å²) >= 11 is 0. The maximum atomic E-state index is 13.5. The molecule has 136 valence electrons. The molecule has 1 aromatic heterocycles. The molecule has 3 aromatic rings. The fraction of sp³-hybridized carbons (Fsp3) is 0.167. The number of H-pyrrole nitrogens is 1. The summed E-state index contributed by atoms with van der Waals surface area (Å²) in [6.45, 7) is 1.72. The van der Waals surface area contributed by atoms with Crippen LogP contribution < -0.4 is 0 Å². The molecule has 0 atom stereocenters. The first kappa shape index (κ1) is 18.2. The monoisotopic (exact) mass is 380 g/mol. The lowest BCUT2D eigenvalue weighted by Crippen LogP contribution is -2.07. The minimum Gasteiger partial charge on any atom is -0.272 e. The summed E-state index contributed by atoms with van der Waals surface area (Å²) in [6.07, 6.45) is -3.54. The number of hydrogen-bond donors (Lipinski definition) is 1. The molecule has 0 bridgehead atoms. The SMILES string of the molecule is Cc1ccccc1-c1c(-c2ccc(S(C)(=O)=O)cc2)n[nH]c1C(F)(F)F. The van der Waals surface area contributed by atoms with Gasteiger partial charge in [-0.15, -0.1) is 0 Å². The molecule has 0 saturated heterocycles. The van der Waals surface area contributed by atoms with Crippen LogP contribution in [0.1, 0.15) is 11.3 Å². The van der Waals surface area contributed by atoms with E-state index in [2.05, 4.69) is 10.2 Å². The first-order valence-corrected chi connectivity index (χ1v) is 9.50. The molecule has 0 aliphatic carbocycles. The van der Waals surface area contributed by atoms with Crippen LogP contribution in [0.2, 0.25) is 0 Å². The van der Waals surface area contributed by atoms with E-state index in [1.54, 1.807) is 31.2 Å². The number of nitrogens with one attached hydrogen (secondary N) is 1. The molecule has 2 aromatic carbocycles. The molecular formula is C18H15F3N2O2S. The van der Waals surface area contributed by atoms with Gasteiger partial charge in [0.25, 0.3) is 0 Å². The predicted octanol–water partition coefficient (Wildman–Crippen LogP) is 4.47. The Morgan fingerprint density at radius 1 is 1.00 bits per heavy atom. The zero-order valence-electron chi connectivity index (χ0n) is 13.9. The van der Waals surface area contributed by atoms with Crippen molar-refractivity contribution in [3.05, 3.63) is 59.8 Å². The van der Waals surface area contributed by atoms with E-state index >= 15 is 0 Å². The normalized spacial score (nSPS) is 12.3. The molecule has 4 nitrogen and oxygen atoms in total. The number of sulfone groups is 1. The second-order valence-corrected chi connectivity index (χ2v) is 7.95. The highest BCUT2D eigenvalue weighted by molar-refractivity contribution is 7.90. The molecule has 0 aliphatic heterocycles. The average molecular weight is 380 g/mol. The molecule has 0 fully saturated rings. The van der Waals surface area contributed by atoms with Gasteiger partial charge in [-0.1, -0.05) is 36.4 Å². The molecular weight excluding hydrogens is 365 g/mol. The van der Waals surface area contributed by atoms with E-state index in [1.807, 2.05) is 0 Å². The third kappa shape index (κ3) is 3.37. The summed E-state index contributed by atoms with van der Waals surface area (Å²) < 4.78 is 63.6. The van der Waals surface area contributed by atoms with Crippen LogP contribution in [-0.4, -0.2) is 24.9 Å². The largest absolute Gasteiger partial charge is 0.433 e. The van der Waals surface area contributed by atoms with Gasteiger partial charge >= 0.3 is 6.18 Å². The van der Waals surface area contributed by atoms with E-state index in [0.29, 0.717) is 16.7 Å². The number of alkyl halides is 3. The zero-order valence-corrected chi connectivity index (χ0v) is 14.7. The topological polar surface area (TPSA) is 62.8 Å². The van der Waals surface area contributed by atoms with Crippen LogP contribution in [0.3, 0.4) is 0 Å². The lowest BCUT2D eigenvalue weighted by atomic mass is 9.95. The molecule has 0 radical (unpaired) electrons. The van der Waals surface area contributed by atoms with Crippen molar-refractivity contribution < 1.29 is 21.6 Å². The van der Waals surface area contributed by atoms with Gasteiger partial charge in [-0.3, -0.25) is 5.10 Å². The van der Waals surface area contributed by atoms with Crippen LogP contribution in [0.25, 0.3) is 22.4 Å². The number of halogens is 3. The number of nitrogens with zero attached hydrogens (tertiary/aromatic N) is 1. The van der Waals surface area contributed by atoms with E-state index in [0.717, 1.165) is 6.26 Å². The Balaban J connectivity index is 2.23. The van der Waals surface area contributed by atoms with Crippen molar-refractivity contribution in [3.8, 4) is 22.4 Å². The van der Waals surface area contributed by atoms with Crippen LogP contribution >= 0.6 is 0 Å². The minimum atomic E-state index is -4.60. The molecule has 3 rings (SSSR count). The van der Waals surface area contributed by atoms with E-state index in [1.165, 1.54) is 24.3 Å². The zero-order chi connectivity index (χ0) is 19.1. The maximum absolute atomic E-state index is 13.5. The minimum absolute atomic E-state index is 0.0531. The Morgan fingerprint density at radius 3 is 2.15 bits per heavy atom. The van der Waals surface area contributed by atoms with E-state index in [-0.39, 0.29) is 16.2 Å². The molecule has 26 heavy (non-hydrogen) atoms. The Bertz CT molecular complexity index is 1050. The van der Waals surface area contributed by atoms with E-state index < -0.39 is 21.7 Å². The van der Waals surface area contributed by atoms with Gasteiger partial charge in [0.1, 0.15) is 11.4 Å². The van der Waals surface area contributed by atoms with Gasteiger partial charge in [-0.2, -0.15) is 18.3 Å². The summed E-state index contributed by atoms with van der Waals surface area (Å²) in [7, 11) is -3.40. The maximum Gasteiger partial charge on any atom is 0.433 e. The fourth-order valence-corrected chi connectivity index (χ4v) is 3.36. The second kappa shape index (κ2) is 6.28. The van der Waals surface area contributed by atoms with Crippen LogP contribution in [-0.2, 0) is 16.0 Å². The second-order valence-electron chi connectivity index (χ2n) is 5.93. The van der Waals surface area contributed by atoms with Gasteiger partial charge in [0.15, 0.2) is 9.84 Å². The van der Waals surface area contributed by atoms with Gasteiger partial charge in [0.05, 0.1) is 4.90 Å². The number of aryl methyl sites for hydroxylation is 1. The fourth-order valence-electron chi connectivity index (χ4n) is 2.73. The Morgan fingerprint density at radius 2 is 1.62 bits per heavy atom. The molecule has 0 amide bonds. The van der Waals surface area contributed by atoms with Gasteiger partial charge < -0.3 is 0 Å². The molecule has 1 N–H and O–H groups in total. The number of hydrogen-bond acceptors (Lipinski definition) is 3. The van der Waals surface area contributed by atoms with Crippen molar-refractivity contribution in [3.63, 3.8) is 0 Å². The lowest BCUT2D eigenvalue weighted by Gasteiger charge is -2.11. The highest BCUT2D eigenvalue weighted by Crippen LogP contribution is 2.42. The Kier molecular flexibility index (Phi) is 4.39. The summed E-state index contributed by atoms with van der Waals surface area (Å²) in [6, 6.07) is 12.3. The molecule has 0 aliphatic rings. The summed E-state index contributed by atoms with van der Waals surface area (Å²) in [5.74, 6) is 0. The van der Waals surface area contributed by atoms with Crippen LogP contribution in [0.15, 0.2) is 53.4 Å². The van der Waals surface area contributed by atoms with Gasteiger partial charge in [0, 0.05) is 17.4 Å². The highest BCUT2D eigenvalue weighted by atomic mass is 32.2. The van der Waals surface area contributed by atoms with Crippen LogP contribution in [0.5, 0.6) is 0 Å². The molecule has 8 heteroatoms. The number of aromatic nitrogens is 2. The van der Waals surface area contributed by atoms with Crippen molar-refractivity contribution in [2.75, 3.05) is 6.26 Å². The summed E-state index contributed by atoms with van der Waals surface area (Å²) in [4.78, 5) is 0.0882. The van der Waals surface area contributed by atoms with Gasteiger partial charge in [-0.05, 0) is 30.2 Å². The van der Waals surface area contributed by atoms with Crippen molar-refractivity contribution >= 4 is 9.84 Å². The lowest BCUT2D eigenvalue weighted by molar-refractivity contribution is -0.140. The van der Waals surface area contributed by atoms with Crippen molar-refractivity contribution in [1.29, 1.82) is 0 Å². The van der Waals surface area contributed by atoms with Crippen molar-refractivity contribution in [2.24, 2.45) is 0 Å². The summed E-state index contributed by atoms with van der Waals surface area (Å²) in [5, 5.41) is 5.96. The first-order chi connectivity index (χ1) is 12.1. The molecule has 1 heterocycles. The smallest absolute Gasteiger partial charge is 0.272 e. The first-order valence-electron chi connectivity index (χ1n) is 7.61. The van der Waals surface area contributed by atoms with E-state index in [4.69, 9.17) is 0 Å². The number of aromatic amines is 1. The Labute approximate surface area is 148 Å². The van der Waals surface area contributed by atoms with Crippen LogP contribution in [0.4, 0.5) is 13.2 Å². The van der Waals surface area contributed by atoms with Crippen LogP contribution in [0, 0.1) is 6.92 Å². The number of rotatable bonds is 3. The number of benzene rings is 2. The van der Waals surface area contributed by atoms with Gasteiger partial charge in [-0.25, -0.2) is 8.42 Å². The average Bonchev–Trinajstić information content (AvgIpc) is 2.99. The third-order valence-corrected chi connectivity index (χ3v) is 5.15. The molecule has 0 saturated carbocycles. The molecule has 0 unspecified atom stereocenters. The van der Waals surface area contributed by atoms with Crippen molar-refractivity contribution in [1.82, 2.24) is 10.2 Å². The third-order valence-electron chi connectivity index (χ3n) is 4.02. The summed E-state index contributed by atoms with van der Waals surface area (Å²) in [5.41, 5.74) is 0.606. The van der Waals surface area contributed by atoms with Crippen molar-refractivity contribution in [2.45, 2.75) is 18.0 Å². The quantitative estimate of drug-likeness (QED) is 0.729. The van der Waals surface area contributed by atoms with E-state index in [9.17, 15) is 21.6 Å². The van der Waals surface area contributed by atoms with Gasteiger partial charge in [0.2, 0.25) is 0 Å². The Hall–Kier alpha value is -2.61. The highest BCUT2D eigenvalue weighted by Gasteiger charge is 2.38. The standard InChI is InChI=1S/C18H15F3N2O2S/c1-11-5-3-4-6-14(11)15-16(22-23-17(15)18(19,20)21)12-7-9-13(10-8-12)26(2,24)25/h3-10H,1-2H3,(H,22,23). The predicted molar refractivity (Wildman–Crippen MR) is 92.3 cm³/mol.